The second-order valence-corrected chi connectivity index (χ2v) is 5.92. The van der Waals surface area contributed by atoms with Crippen molar-refractivity contribution >= 4 is 5.97 Å². The number of carboxylic acid groups (broad SMARTS) is 1. The highest BCUT2D eigenvalue weighted by molar-refractivity contribution is 5.77. The molecule has 0 heterocycles. The van der Waals surface area contributed by atoms with Crippen molar-refractivity contribution in [2.75, 3.05) is 6.54 Å². The molecular weight excluding hydrogens is 238 g/mol. The number of hydrogen-bond donors (Lipinski definition) is 2. The molecule has 0 aliphatic heterocycles. The molecule has 1 aliphatic rings. The first kappa shape index (κ1) is 14.1. The van der Waals surface area contributed by atoms with Crippen LogP contribution in [0.1, 0.15) is 56.1 Å². The Labute approximate surface area is 114 Å². The zero-order valence-electron chi connectivity index (χ0n) is 11.7. The van der Waals surface area contributed by atoms with Gasteiger partial charge in [-0.05, 0) is 29.9 Å². The molecule has 2 rings (SSSR count). The monoisotopic (exact) mass is 261 g/mol. The van der Waals surface area contributed by atoms with Gasteiger partial charge in [-0.15, -0.1) is 0 Å². The maximum absolute atomic E-state index is 11.6. The van der Waals surface area contributed by atoms with Crippen molar-refractivity contribution < 1.29 is 9.90 Å². The molecule has 19 heavy (non-hydrogen) atoms. The van der Waals surface area contributed by atoms with Crippen molar-refractivity contribution in [1.29, 1.82) is 0 Å². The molecule has 0 spiro atoms. The van der Waals surface area contributed by atoms with E-state index >= 15 is 0 Å². The van der Waals surface area contributed by atoms with E-state index in [1.54, 1.807) is 0 Å². The first-order valence-electron chi connectivity index (χ1n) is 7.04. The van der Waals surface area contributed by atoms with Gasteiger partial charge in [0.1, 0.15) is 0 Å². The average molecular weight is 261 g/mol. The topological polar surface area (TPSA) is 63.3 Å². The largest absolute Gasteiger partial charge is 0.481 e. The summed E-state index contributed by atoms with van der Waals surface area (Å²) >= 11 is 0. The molecule has 0 unspecified atom stereocenters. The van der Waals surface area contributed by atoms with E-state index in [1.807, 2.05) is 0 Å². The summed E-state index contributed by atoms with van der Waals surface area (Å²) in [6.45, 7) is 4.70. The van der Waals surface area contributed by atoms with Crippen molar-refractivity contribution in [1.82, 2.24) is 0 Å². The zero-order valence-corrected chi connectivity index (χ0v) is 11.7. The number of aliphatic carboxylic acids is 1. The molecule has 1 aliphatic carbocycles. The Morgan fingerprint density at radius 1 is 1.26 bits per heavy atom. The molecule has 1 aromatic rings. The van der Waals surface area contributed by atoms with Gasteiger partial charge in [-0.25, -0.2) is 0 Å². The molecule has 1 aromatic carbocycles. The van der Waals surface area contributed by atoms with Crippen LogP contribution < -0.4 is 5.73 Å². The lowest BCUT2D eigenvalue weighted by molar-refractivity contribution is -0.156. The molecule has 3 heteroatoms. The lowest BCUT2D eigenvalue weighted by Gasteiger charge is -2.44. The van der Waals surface area contributed by atoms with Gasteiger partial charge in [0.2, 0.25) is 0 Å². The summed E-state index contributed by atoms with van der Waals surface area (Å²) in [5.41, 5.74) is 7.58. The van der Waals surface area contributed by atoms with Crippen molar-refractivity contribution in [3.63, 3.8) is 0 Å². The second kappa shape index (κ2) is 5.33. The summed E-state index contributed by atoms with van der Waals surface area (Å²) < 4.78 is 0. The van der Waals surface area contributed by atoms with Crippen LogP contribution in [0.5, 0.6) is 0 Å². The molecule has 0 radical (unpaired) electrons. The molecule has 0 amide bonds. The van der Waals surface area contributed by atoms with Gasteiger partial charge in [0.15, 0.2) is 0 Å². The minimum Gasteiger partial charge on any atom is -0.481 e. The van der Waals surface area contributed by atoms with E-state index in [2.05, 4.69) is 38.1 Å². The van der Waals surface area contributed by atoms with Crippen LogP contribution in [-0.4, -0.2) is 17.6 Å². The second-order valence-electron chi connectivity index (χ2n) is 5.92. The van der Waals surface area contributed by atoms with E-state index < -0.39 is 11.4 Å². The Kier molecular flexibility index (Phi) is 3.95. The molecular formula is C16H23NO2. The smallest absolute Gasteiger partial charge is 0.310 e. The molecule has 0 aromatic heterocycles. The number of benzene rings is 1. The van der Waals surface area contributed by atoms with E-state index in [0.717, 1.165) is 24.8 Å². The molecule has 0 saturated heterocycles. The third-order valence-electron chi connectivity index (χ3n) is 4.58. The normalized spacial score (nSPS) is 18.9. The fourth-order valence-electron chi connectivity index (χ4n) is 3.06. The summed E-state index contributed by atoms with van der Waals surface area (Å²) in [5, 5.41) is 9.53. The van der Waals surface area contributed by atoms with Gasteiger partial charge in [-0.1, -0.05) is 44.5 Å². The average Bonchev–Trinajstić information content (AvgIpc) is 2.33. The van der Waals surface area contributed by atoms with Gasteiger partial charge in [0.25, 0.3) is 0 Å². The highest BCUT2D eigenvalue weighted by atomic mass is 16.4. The molecule has 3 nitrogen and oxygen atoms in total. The van der Waals surface area contributed by atoms with Crippen LogP contribution in [0.15, 0.2) is 24.3 Å². The lowest BCUT2D eigenvalue weighted by atomic mass is 9.59. The number of hydrogen-bond acceptors (Lipinski definition) is 2. The van der Waals surface area contributed by atoms with Gasteiger partial charge < -0.3 is 10.8 Å². The molecule has 3 N–H and O–H groups in total. The maximum Gasteiger partial charge on any atom is 0.310 e. The maximum atomic E-state index is 11.6. The molecule has 0 bridgehead atoms. The minimum atomic E-state index is -0.692. The van der Waals surface area contributed by atoms with E-state index in [1.165, 1.54) is 5.56 Å². The predicted octanol–water partition coefficient (Wildman–Crippen LogP) is 3.11. The number of carboxylic acids is 1. The van der Waals surface area contributed by atoms with Crippen LogP contribution in [0.4, 0.5) is 0 Å². The number of carbonyl (C=O) groups is 1. The van der Waals surface area contributed by atoms with Gasteiger partial charge in [0.05, 0.1) is 5.41 Å². The predicted molar refractivity (Wildman–Crippen MR) is 76.2 cm³/mol. The van der Waals surface area contributed by atoms with Crippen molar-refractivity contribution in [3.8, 4) is 0 Å². The Hall–Kier alpha value is -1.35. The van der Waals surface area contributed by atoms with Gasteiger partial charge >= 0.3 is 5.97 Å². The van der Waals surface area contributed by atoms with Gasteiger partial charge in [0, 0.05) is 12.5 Å². The Balaban J connectivity index is 2.29. The summed E-state index contributed by atoms with van der Waals surface area (Å²) in [6.07, 6.45) is 2.49. The number of rotatable bonds is 5. The van der Waals surface area contributed by atoms with E-state index in [9.17, 15) is 9.90 Å². The Morgan fingerprint density at radius 3 is 2.11 bits per heavy atom. The van der Waals surface area contributed by atoms with Crippen LogP contribution in [0.3, 0.4) is 0 Å². The van der Waals surface area contributed by atoms with Crippen LogP contribution in [0.2, 0.25) is 0 Å². The summed E-state index contributed by atoms with van der Waals surface area (Å²) in [6, 6.07) is 8.29. The minimum absolute atomic E-state index is 0.0695. The lowest BCUT2D eigenvalue weighted by Crippen LogP contribution is -2.45. The quantitative estimate of drug-likeness (QED) is 0.856. The van der Waals surface area contributed by atoms with E-state index in [0.29, 0.717) is 12.5 Å². The van der Waals surface area contributed by atoms with E-state index in [4.69, 9.17) is 5.73 Å². The first-order valence-corrected chi connectivity index (χ1v) is 7.04. The zero-order chi connectivity index (χ0) is 14.0. The SMILES string of the molecule is CC(C)c1ccc([C@@H](CN)C2(C(=O)O)CCC2)cc1. The number of nitrogens with two attached hydrogens (primary N) is 1. The van der Waals surface area contributed by atoms with Crippen LogP contribution in [0.25, 0.3) is 0 Å². The Bertz CT molecular complexity index is 446. The molecule has 1 atom stereocenters. The van der Waals surface area contributed by atoms with E-state index in [-0.39, 0.29) is 5.92 Å². The van der Waals surface area contributed by atoms with Crippen LogP contribution in [0, 0.1) is 5.41 Å². The van der Waals surface area contributed by atoms with Gasteiger partial charge in [-0.2, -0.15) is 0 Å². The summed E-state index contributed by atoms with van der Waals surface area (Å²) in [4.78, 5) is 11.6. The first-order chi connectivity index (χ1) is 9.01. The Morgan fingerprint density at radius 2 is 1.79 bits per heavy atom. The molecule has 104 valence electrons. The molecule has 1 saturated carbocycles. The standard InChI is InChI=1S/C16H23NO2/c1-11(2)12-4-6-13(7-5-12)14(10-17)16(15(18)19)8-3-9-16/h4-7,11,14H,3,8-10,17H2,1-2H3,(H,18,19)/t14-/m1/s1. The van der Waals surface area contributed by atoms with Crippen LogP contribution in [-0.2, 0) is 4.79 Å². The highest BCUT2D eigenvalue weighted by Gasteiger charge is 2.50. The summed E-state index contributed by atoms with van der Waals surface area (Å²) in [7, 11) is 0. The van der Waals surface area contributed by atoms with Gasteiger partial charge in [-0.3, -0.25) is 4.79 Å². The van der Waals surface area contributed by atoms with Crippen LogP contribution >= 0.6 is 0 Å². The molecule has 1 fully saturated rings. The fourth-order valence-corrected chi connectivity index (χ4v) is 3.06. The van der Waals surface area contributed by atoms with Crippen molar-refractivity contribution in [2.45, 2.75) is 44.9 Å². The summed E-state index contributed by atoms with van der Waals surface area (Å²) in [5.74, 6) is -0.274. The third kappa shape index (κ3) is 2.39. The third-order valence-corrected chi connectivity index (χ3v) is 4.58. The fraction of sp³-hybridized carbons (Fsp3) is 0.562. The van der Waals surface area contributed by atoms with Crippen molar-refractivity contribution in [2.24, 2.45) is 11.1 Å². The highest BCUT2D eigenvalue weighted by Crippen LogP contribution is 2.51. The van der Waals surface area contributed by atoms with Crippen molar-refractivity contribution in [3.05, 3.63) is 35.4 Å².